The SMILES string of the molecule is CCNC1(C(=O)OCC)CCCC(SC(C)CO)C1. The maximum atomic E-state index is 12.3. The van der Waals surface area contributed by atoms with E-state index in [1.54, 1.807) is 11.8 Å². The van der Waals surface area contributed by atoms with Gasteiger partial charge in [0, 0.05) is 10.5 Å². The molecule has 0 saturated heterocycles. The maximum Gasteiger partial charge on any atom is 0.326 e. The molecule has 112 valence electrons. The molecular formula is C14H27NO3S. The van der Waals surface area contributed by atoms with Crippen LogP contribution >= 0.6 is 11.8 Å². The van der Waals surface area contributed by atoms with Crippen molar-refractivity contribution in [3.05, 3.63) is 0 Å². The minimum atomic E-state index is -0.518. The first-order chi connectivity index (χ1) is 9.07. The lowest BCUT2D eigenvalue weighted by Gasteiger charge is -2.39. The number of rotatable bonds is 7. The highest BCUT2D eigenvalue weighted by atomic mass is 32.2. The number of nitrogens with one attached hydrogen (secondary N) is 1. The number of carbonyl (C=O) groups excluding carboxylic acids is 1. The Hall–Kier alpha value is -0.260. The van der Waals surface area contributed by atoms with E-state index in [2.05, 4.69) is 5.32 Å². The third kappa shape index (κ3) is 4.65. The summed E-state index contributed by atoms with van der Waals surface area (Å²) in [6.07, 6.45) is 3.79. The number of hydrogen-bond donors (Lipinski definition) is 2. The minimum absolute atomic E-state index is 0.112. The van der Waals surface area contributed by atoms with Crippen molar-refractivity contribution in [2.75, 3.05) is 19.8 Å². The van der Waals surface area contributed by atoms with Crippen LogP contribution in [0.3, 0.4) is 0 Å². The van der Waals surface area contributed by atoms with Gasteiger partial charge in [-0.05, 0) is 39.2 Å². The Morgan fingerprint density at radius 1 is 1.58 bits per heavy atom. The zero-order chi connectivity index (χ0) is 14.3. The van der Waals surface area contributed by atoms with E-state index >= 15 is 0 Å². The number of thioether (sulfide) groups is 1. The van der Waals surface area contributed by atoms with Crippen molar-refractivity contribution < 1.29 is 14.6 Å². The van der Waals surface area contributed by atoms with Gasteiger partial charge in [0.2, 0.25) is 0 Å². The number of aliphatic hydroxyl groups is 1. The van der Waals surface area contributed by atoms with Crippen LogP contribution in [0.4, 0.5) is 0 Å². The van der Waals surface area contributed by atoms with E-state index in [1.165, 1.54) is 0 Å². The Morgan fingerprint density at radius 3 is 2.89 bits per heavy atom. The fourth-order valence-electron chi connectivity index (χ4n) is 2.74. The Morgan fingerprint density at radius 2 is 2.32 bits per heavy atom. The second kappa shape index (κ2) is 8.12. The van der Waals surface area contributed by atoms with Gasteiger partial charge in [-0.25, -0.2) is 0 Å². The summed E-state index contributed by atoms with van der Waals surface area (Å²) in [5.74, 6) is -0.112. The number of aliphatic hydroxyl groups excluding tert-OH is 1. The average Bonchev–Trinajstić information content (AvgIpc) is 2.39. The molecule has 0 amide bonds. The Kier molecular flexibility index (Phi) is 7.18. The lowest BCUT2D eigenvalue weighted by molar-refractivity contribution is -0.152. The first-order valence-corrected chi connectivity index (χ1v) is 8.20. The highest BCUT2D eigenvalue weighted by Crippen LogP contribution is 2.37. The third-order valence-corrected chi connectivity index (χ3v) is 4.97. The van der Waals surface area contributed by atoms with Crippen molar-refractivity contribution in [2.24, 2.45) is 0 Å². The Labute approximate surface area is 120 Å². The van der Waals surface area contributed by atoms with Crippen LogP contribution in [0.25, 0.3) is 0 Å². The van der Waals surface area contributed by atoms with E-state index in [0.29, 0.717) is 11.9 Å². The average molecular weight is 289 g/mol. The second-order valence-electron chi connectivity index (χ2n) is 5.18. The summed E-state index contributed by atoms with van der Waals surface area (Å²) in [6.45, 7) is 7.28. The Balaban J connectivity index is 2.71. The number of carbonyl (C=O) groups is 1. The normalized spacial score (nSPS) is 28.9. The quantitative estimate of drug-likeness (QED) is 0.702. The van der Waals surface area contributed by atoms with Crippen LogP contribution in [0.1, 0.15) is 46.5 Å². The molecule has 0 radical (unpaired) electrons. The molecule has 0 bridgehead atoms. The molecule has 1 saturated carbocycles. The smallest absolute Gasteiger partial charge is 0.326 e. The lowest BCUT2D eigenvalue weighted by Crippen LogP contribution is -2.56. The molecule has 1 rings (SSSR count). The molecule has 3 atom stereocenters. The summed E-state index contributed by atoms with van der Waals surface area (Å²) in [6, 6.07) is 0. The van der Waals surface area contributed by atoms with Crippen molar-refractivity contribution in [2.45, 2.75) is 62.5 Å². The van der Waals surface area contributed by atoms with Crippen LogP contribution in [0, 0.1) is 0 Å². The van der Waals surface area contributed by atoms with Gasteiger partial charge < -0.3 is 15.2 Å². The van der Waals surface area contributed by atoms with Crippen molar-refractivity contribution >= 4 is 17.7 Å². The van der Waals surface area contributed by atoms with E-state index in [0.717, 1.165) is 32.2 Å². The molecule has 5 heteroatoms. The van der Waals surface area contributed by atoms with Gasteiger partial charge in [0.25, 0.3) is 0 Å². The molecule has 4 nitrogen and oxygen atoms in total. The summed E-state index contributed by atoms with van der Waals surface area (Å²) in [4.78, 5) is 12.3. The molecule has 1 aliphatic rings. The fourth-order valence-corrected chi connectivity index (χ4v) is 4.16. The third-order valence-electron chi connectivity index (χ3n) is 3.57. The number of hydrogen-bond acceptors (Lipinski definition) is 5. The molecule has 0 heterocycles. The fraction of sp³-hybridized carbons (Fsp3) is 0.929. The first-order valence-electron chi connectivity index (χ1n) is 7.26. The highest BCUT2D eigenvalue weighted by molar-refractivity contribution is 8.00. The highest BCUT2D eigenvalue weighted by Gasteiger charge is 2.43. The molecule has 0 aromatic carbocycles. The molecule has 0 aromatic rings. The van der Waals surface area contributed by atoms with Crippen molar-refractivity contribution in [1.82, 2.24) is 5.32 Å². The van der Waals surface area contributed by atoms with Gasteiger partial charge >= 0.3 is 5.97 Å². The zero-order valence-electron chi connectivity index (χ0n) is 12.3. The van der Waals surface area contributed by atoms with E-state index < -0.39 is 5.54 Å². The van der Waals surface area contributed by atoms with Gasteiger partial charge in [-0.2, -0.15) is 11.8 Å². The van der Waals surface area contributed by atoms with Gasteiger partial charge in [-0.1, -0.05) is 13.8 Å². The first kappa shape index (κ1) is 16.8. The topological polar surface area (TPSA) is 58.6 Å². The summed E-state index contributed by atoms with van der Waals surface area (Å²) < 4.78 is 5.26. The maximum absolute atomic E-state index is 12.3. The zero-order valence-corrected chi connectivity index (χ0v) is 13.1. The second-order valence-corrected chi connectivity index (χ2v) is 6.92. The van der Waals surface area contributed by atoms with Gasteiger partial charge in [-0.3, -0.25) is 4.79 Å². The van der Waals surface area contributed by atoms with E-state index in [-0.39, 0.29) is 17.8 Å². The molecule has 19 heavy (non-hydrogen) atoms. The van der Waals surface area contributed by atoms with Gasteiger partial charge in [0.1, 0.15) is 5.54 Å². The molecule has 0 spiro atoms. The van der Waals surface area contributed by atoms with Crippen molar-refractivity contribution in [1.29, 1.82) is 0 Å². The van der Waals surface area contributed by atoms with Crippen LogP contribution < -0.4 is 5.32 Å². The van der Waals surface area contributed by atoms with Gasteiger partial charge in [-0.15, -0.1) is 0 Å². The summed E-state index contributed by atoms with van der Waals surface area (Å²) in [7, 11) is 0. The molecule has 2 N–H and O–H groups in total. The van der Waals surface area contributed by atoms with Crippen LogP contribution in [0.15, 0.2) is 0 Å². The monoisotopic (exact) mass is 289 g/mol. The number of likely N-dealkylation sites (N-methyl/N-ethyl adjacent to an activating group) is 1. The molecule has 3 unspecified atom stereocenters. The predicted octanol–water partition coefficient (Wildman–Crippen LogP) is 1.95. The molecule has 0 aliphatic heterocycles. The summed E-state index contributed by atoms with van der Waals surface area (Å²) >= 11 is 1.79. The van der Waals surface area contributed by atoms with Crippen LogP contribution in [0.2, 0.25) is 0 Å². The standard InChI is InChI=1S/C14H27NO3S/c1-4-15-14(13(17)18-5-2)8-6-7-12(9-14)19-11(3)10-16/h11-12,15-16H,4-10H2,1-3H3. The predicted molar refractivity (Wildman–Crippen MR) is 79.4 cm³/mol. The molecule has 1 fully saturated rings. The van der Waals surface area contributed by atoms with Crippen LogP contribution in [0.5, 0.6) is 0 Å². The number of ether oxygens (including phenoxy) is 1. The molecular weight excluding hydrogens is 262 g/mol. The van der Waals surface area contributed by atoms with Crippen molar-refractivity contribution in [3.63, 3.8) is 0 Å². The van der Waals surface area contributed by atoms with E-state index in [1.807, 2.05) is 20.8 Å². The summed E-state index contributed by atoms with van der Waals surface area (Å²) in [5, 5.41) is 13.2. The van der Waals surface area contributed by atoms with Gasteiger partial charge in [0.15, 0.2) is 0 Å². The van der Waals surface area contributed by atoms with Gasteiger partial charge in [0.05, 0.1) is 13.2 Å². The Bertz CT molecular complexity index is 284. The van der Waals surface area contributed by atoms with E-state index in [4.69, 9.17) is 9.84 Å². The summed E-state index contributed by atoms with van der Waals surface area (Å²) in [5.41, 5.74) is -0.518. The van der Waals surface area contributed by atoms with Crippen LogP contribution in [-0.2, 0) is 9.53 Å². The molecule has 1 aliphatic carbocycles. The van der Waals surface area contributed by atoms with Crippen LogP contribution in [-0.4, -0.2) is 46.9 Å². The number of esters is 1. The lowest BCUT2D eigenvalue weighted by atomic mass is 9.81. The minimum Gasteiger partial charge on any atom is -0.465 e. The van der Waals surface area contributed by atoms with Crippen molar-refractivity contribution in [3.8, 4) is 0 Å². The largest absolute Gasteiger partial charge is 0.465 e. The molecule has 0 aromatic heterocycles. The van der Waals surface area contributed by atoms with E-state index in [9.17, 15) is 4.79 Å².